The van der Waals surface area contributed by atoms with E-state index in [1.165, 1.54) is 12.3 Å². The minimum Gasteiger partial charge on any atom is -0.390 e. The molecule has 192 valence electrons. The van der Waals surface area contributed by atoms with Crippen molar-refractivity contribution in [3.8, 4) is 0 Å². The van der Waals surface area contributed by atoms with Crippen LogP contribution in [-0.2, 0) is 15.6 Å². The number of likely N-dealkylation sites (tertiary alicyclic amines) is 1. The van der Waals surface area contributed by atoms with E-state index >= 15 is 0 Å². The standard InChI is InChI=1S/C25H28F2N4O4S/c1-24(26,27)9-10-25(33)11-13-31(14-12-25)23(32)18-7-5-17(6-8-18)16-36(34,35)20-4-2-3-19-22(20)29-15-21(28)30-19/h2-8,15,33H,9-14,16H2,1H3,(H2,28,30). The number of hydrogen-bond donors (Lipinski definition) is 2. The summed E-state index contributed by atoms with van der Waals surface area (Å²) < 4.78 is 52.5. The van der Waals surface area contributed by atoms with Gasteiger partial charge < -0.3 is 15.7 Å². The Morgan fingerprint density at radius 2 is 1.83 bits per heavy atom. The lowest BCUT2D eigenvalue weighted by molar-refractivity contribution is -0.0570. The molecule has 1 fully saturated rings. The summed E-state index contributed by atoms with van der Waals surface area (Å²) in [5.74, 6) is -3.19. The molecule has 0 atom stereocenters. The molecule has 11 heteroatoms. The number of aliphatic hydroxyl groups is 1. The number of anilines is 1. The van der Waals surface area contributed by atoms with Gasteiger partial charge in [-0.2, -0.15) is 0 Å². The number of benzene rings is 2. The fourth-order valence-corrected chi connectivity index (χ4v) is 5.86. The van der Waals surface area contributed by atoms with E-state index in [9.17, 15) is 27.1 Å². The third kappa shape index (κ3) is 5.96. The van der Waals surface area contributed by atoms with Crippen LogP contribution in [0.1, 0.15) is 48.5 Å². The van der Waals surface area contributed by atoms with Gasteiger partial charge in [0.25, 0.3) is 5.91 Å². The number of carbonyl (C=O) groups is 1. The third-order valence-corrected chi connectivity index (χ3v) is 8.17. The van der Waals surface area contributed by atoms with Crippen molar-refractivity contribution in [3.05, 3.63) is 59.8 Å². The summed E-state index contributed by atoms with van der Waals surface area (Å²) in [7, 11) is -3.76. The molecular formula is C25H28F2N4O4S. The highest BCUT2D eigenvalue weighted by Crippen LogP contribution is 2.32. The summed E-state index contributed by atoms with van der Waals surface area (Å²) in [5, 5.41) is 10.6. The van der Waals surface area contributed by atoms with Crippen molar-refractivity contribution < 1.29 is 27.1 Å². The number of nitrogen functional groups attached to an aromatic ring is 1. The Morgan fingerprint density at radius 1 is 1.17 bits per heavy atom. The summed E-state index contributed by atoms with van der Waals surface area (Å²) in [6.45, 7) is 1.34. The van der Waals surface area contributed by atoms with E-state index in [-0.39, 0.29) is 60.2 Å². The lowest BCUT2D eigenvalue weighted by Gasteiger charge is -2.38. The third-order valence-electron chi connectivity index (χ3n) is 6.46. The second-order valence-electron chi connectivity index (χ2n) is 9.46. The Morgan fingerprint density at radius 3 is 2.47 bits per heavy atom. The van der Waals surface area contributed by atoms with Gasteiger partial charge in [0.15, 0.2) is 9.84 Å². The van der Waals surface area contributed by atoms with Gasteiger partial charge in [0.05, 0.1) is 28.0 Å². The molecule has 0 radical (unpaired) electrons. The monoisotopic (exact) mass is 518 g/mol. The Bertz CT molecular complexity index is 1370. The molecule has 1 aliphatic rings. The van der Waals surface area contributed by atoms with E-state index in [4.69, 9.17) is 5.73 Å². The molecule has 0 bridgehead atoms. The van der Waals surface area contributed by atoms with Gasteiger partial charge in [-0.05, 0) is 56.0 Å². The van der Waals surface area contributed by atoms with Crippen LogP contribution in [0.5, 0.6) is 0 Å². The van der Waals surface area contributed by atoms with Gasteiger partial charge in [0.1, 0.15) is 11.3 Å². The van der Waals surface area contributed by atoms with E-state index in [1.54, 1.807) is 41.3 Å². The van der Waals surface area contributed by atoms with Crippen molar-refractivity contribution in [2.24, 2.45) is 0 Å². The second kappa shape index (κ2) is 9.70. The number of hydrogen-bond acceptors (Lipinski definition) is 7. The first kappa shape index (κ1) is 25.9. The largest absolute Gasteiger partial charge is 0.390 e. The van der Waals surface area contributed by atoms with Crippen LogP contribution >= 0.6 is 0 Å². The zero-order valence-electron chi connectivity index (χ0n) is 19.8. The normalized spacial score (nSPS) is 16.3. The molecular weight excluding hydrogens is 490 g/mol. The molecule has 3 N–H and O–H groups in total. The molecule has 0 spiro atoms. The number of amides is 1. The van der Waals surface area contributed by atoms with Crippen molar-refractivity contribution >= 4 is 32.6 Å². The second-order valence-corrected chi connectivity index (χ2v) is 11.4. The first-order chi connectivity index (χ1) is 16.9. The van der Waals surface area contributed by atoms with Crippen LogP contribution < -0.4 is 5.73 Å². The van der Waals surface area contributed by atoms with Crippen LogP contribution in [-0.4, -0.2) is 58.9 Å². The summed E-state index contributed by atoms with van der Waals surface area (Å²) in [4.78, 5) is 22.8. The van der Waals surface area contributed by atoms with Crippen molar-refractivity contribution in [3.63, 3.8) is 0 Å². The van der Waals surface area contributed by atoms with E-state index in [2.05, 4.69) is 9.97 Å². The number of alkyl halides is 2. The zero-order valence-corrected chi connectivity index (χ0v) is 20.6. The predicted octanol–water partition coefficient (Wildman–Crippen LogP) is 3.59. The molecule has 4 rings (SSSR count). The first-order valence-electron chi connectivity index (χ1n) is 11.6. The summed E-state index contributed by atoms with van der Waals surface area (Å²) in [6, 6.07) is 11.0. The summed E-state index contributed by atoms with van der Waals surface area (Å²) in [5.41, 5.74) is 5.95. The van der Waals surface area contributed by atoms with Gasteiger partial charge in [-0.3, -0.25) is 4.79 Å². The van der Waals surface area contributed by atoms with Crippen LogP contribution in [0.2, 0.25) is 0 Å². The van der Waals surface area contributed by atoms with Gasteiger partial charge in [-0.1, -0.05) is 18.2 Å². The number of sulfone groups is 1. The molecule has 36 heavy (non-hydrogen) atoms. The number of nitrogens with zero attached hydrogens (tertiary/aromatic N) is 3. The fourth-order valence-electron chi connectivity index (χ4n) is 4.33. The average Bonchev–Trinajstić information content (AvgIpc) is 2.82. The maximum Gasteiger partial charge on any atom is 0.253 e. The fraction of sp³-hybridized carbons (Fsp3) is 0.400. The Labute approximate surface area is 208 Å². The molecule has 1 saturated heterocycles. The Balaban J connectivity index is 1.42. The molecule has 0 aliphatic carbocycles. The van der Waals surface area contributed by atoms with E-state index in [0.717, 1.165) is 6.92 Å². The number of carbonyl (C=O) groups excluding carboxylic acids is 1. The minimum atomic E-state index is -3.76. The number of aromatic nitrogens is 2. The molecule has 3 aromatic rings. The van der Waals surface area contributed by atoms with Crippen LogP contribution in [0.4, 0.5) is 14.6 Å². The number of piperidine rings is 1. The maximum atomic E-state index is 13.2. The lowest BCUT2D eigenvalue weighted by Crippen LogP contribution is -2.47. The van der Waals surface area contributed by atoms with E-state index < -0.39 is 27.8 Å². The average molecular weight is 519 g/mol. The van der Waals surface area contributed by atoms with Gasteiger partial charge in [-0.25, -0.2) is 27.2 Å². The highest BCUT2D eigenvalue weighted by atomic mass is 32.2. The highest BCUT2D eigenvalue weighted by molar-refractivity contribution is 7.90. The zero-order chi connectivity index (χ0) is 26.1. The van der Waals surface area contributed by atoms with Crippen LogP contribution in [0.25, 0.3) is 11.0 Å². The lowest BCUT2D eigenvalue weighted by atomic mass is 9.86. The molecule has 1 aromatic heterocycles. The summed E-state index contributed by atoms with van der Waals surface area (Å²) >= 11 is 0. The molecule has 8 nitrogen and oxygen atoms in total. The van der Waals surface area contributed by atoms with Crippen molar-refractivity contribution in [1.82, 2.24) is 14.9 Å². The minimum absolute atomic E-state index is 0.0165. The Hall–Kier alpha value is -3.18. The van der Waals surface area contributed by atoms with Crippen molar-refractivity contribution in [2.75, 3.05) is 18.8 Å². The van der Waals surface area contributed by atoms with E-state index in [0.29, 0.717) is 16.6 Å². The Kier molecular flexibility index (Phi) is 6.98. The van der Waals surface area contributed by atoms with Crippen LogP contribution in [0, 0.1) is 0 Å². The number of para-hydroxylation sites is 1. The highest BCUT2D eigenvalue weighted by Gasteiger charge is 2.36. The number of rotatable bonds is 7. The molecule has 0 unspecified atom stereocenters. The van der Waals surface area contributed by atoms with Crippen LogP contribution in [0.3, 0.4) is 0 Å². The van der Waals surface area contributed by atoms with E-state index in [1.807, 2.05) is 0 Å². The number of halogens is 2. The quantitative estimate of drug-likeness (QED) is 0.489. The van der Waals surface area contributed by atoms with Crippen LogP contribution in [0.15, 0.2) is 53.6 Å². The van der Waals surface area contributed by atoms with Crippen molar-refractivity contribution in [1.29, 1.82) is 0 Å². The predicted molar refractivity (Wildman–Crippen MR) is 131 cm³/mol. The number of fused-ring (bicyclic) bond motifs is 1. The topological polar surface area (TPSA) is 126 Å². The molecule has 1 amide bonds. The smallest absolute Gasteiger partial charge is 0.253 e. The first-order valence-corrected chi connectivity index (χ1v) is 13.2. The molecule has 2 heterocycles. The summed E-state index contributed by atoms with van der Waals surface area (Å²) in [6.07, 6.45) is 1.34. The molecule has 1 aliphatic heterocycles. The van der Waals surface area contributed by atoms with Crippen molar-refractivity contribution in [2.45, 2.75) is 54.8 Å². The molecule has 2 aromatic carbocycles. The van der Waals surface area contributed by atoms with Gasteiger partial charge in [-0.15, -0.1) is 0 Å². The van der Waals surface area contributed by atoms with Gasteiger partial charge in [0, 0.05) is 25.1 Å². The SMILES string of the molecule is CC(F)(F)CCC1(O)CCN(C(=O)c2ccc(CS(=O)(=O)c3cccc4nc(N)cnc34)cc2)CC1. The van der Waals surface area contributed by atoms with Gasteiger partial charge >= 0.3 is 0 Å². The molecule has 0 saturated carbocycles. The number of nitrogens with two attached hydrogens (primary N) is 1. The maximum absolute atomic E-state index is 13.2. The van der Waals surface area contributed by atoms with Gasteiger partial charge in [0.2, 0.25) is 5.92 Å².